The molecule has 0 aromatic heterocycles. The van der Waals surface area contributed by atoms with E-state index in [2.05, 4.69) is 24.4 Å². The predicted molar refractivity (Wildman–Crippen MR) is 104 cm³/mol. The number of hydrogen-bond donors (Lipinski definition) is 1. The van der Waals surface area contributed by atoms with Crippen LogP contribution in [0.4, 0.5) is 0 Å². The SMILES string of the molecule is CCCNC(=O)C1CCN(C(=O)c2ccc(C3CCCCC3)cc2)CC1. The van der Waals surface area contributed by atoms with Gasteiger partial charge in [-0.25, -0.2) is 0 Å². The average molecular weight is 357 g/mol. The van der Waals surface area contributed by atoms with Gasteiger partial charge in [0.2, 0.25) is 5.91 Å². The highest BCUT2D eigenvalue weighted by atomic mass is 16.2. The molecule has 0 bridgehead atoms. The zero-order chi connectivity index (χ0) is 18.4. The van der Waals surface area contributed by atoms with Crippen molar-refractivity contribution in [2.24, 2.45) is 5.92 Å². The Balaban J connectivity index is 1.52. The summed E-state index contributed by atoms with van der Waals surface area (Å²) in [6.45, 7) is 4.15. The van der Waals surface area contributed by atoms with E-state index in [-0.39, 0.29) is 17.7 Å². The zero-order valence-electron chi connectivity index (χ0n) is 16.0. The molecular weight excluding hydrogens is 324 g/mol. The highest BCUT2D eigenvalue weighted by Crippen LogP contribution is 2.32. The molecule has 3 rings (SSSR count). The quantitative estimate of drug-likeness (QED) is 0.863. The van der Waals surface area contributed by atoms with Crippen LogP contribution in [0.2, 0.25) is 0 Å². The third kappa shape index (κ3) is 4.66. The molecule has 0 unspecified atom stereocenters. The molecule has 1 aromatic rings. The van der Waals surface area contributed by atoms with Gasteiger partial charge in [-0.15, -0.1) is 0 Å². The molecule has 4 nitrogen and oxygen atoms in total. The van der Waals surface area contributed by atoms with Crippen LogP contribution in [-0.4, -0.2) is 36.3 Å². The highest BCUT2D eigenvalue weighted by molar-refractivity contribution is 5.94. The number of carbonyl (C=O) groups excluding carboxylic acids is 2. The third-order valence-electron chi connectivity index (χ3n) is 5.94. The van der Waals surface area contributed by atoms with E-state index in [1.54, 1.807) is 0 Å². The number of piperidine rings is 1. The van der Waals surface area contributed by atoms with Gasteiger partial charge in [0, 0.05) is 31.1 Å². The van der Waals surface area contributed by atoms with Crippen molar-refractivity contribution in [3.8, 4) is 0 Å². The maximum absolute atomic E-state index is 12.8. The number of rotatable bonds is 5. The summed E-state index contributed by atoms with van der Waals surface area (Å²) in [6, 6.07) is 8.28. The lowest BCUT2D eigenvalue weighted by atomic mass is 9.84. The minimum Gasteiger partial charge on any atom is -0.356 e. The number of amides is 2. The van der Waals surface area contributed by atoms with Crippen molar-refractivity contribution in [2.75, 3.05) is 19.6 Å². The summed E-state index contributed by atoms with van der Waals surface area (Å²) in [6.07, 6.45) is 9.06. The number of hydrogen-bond acceptors (Lipinski definition) is 2. The lowest BCUT2D eigenvalue weighted by molar-refractivity contribution is -0.126. The van der Waals surface area contributed by atoms with Crippen molar-refractivity contribution >= 4 is 11.8 Å². The molecule has 142 valence electrons. The van der Waals surface area contributed by atoms with Gasteiger partial charge in [-0.3, -0.25) is 9.59 Å². The van der Waals surface area contributed by atoms with Gasteiger partial charge in [0.05, 0.1) is 0 Å². The summed E-state index contributed by atoms with van der Waals surface area (Å²) in [5.41, 5.74) is 2.16. The first-order valence-corrected chi connectivity index (χ1v) is 10.4. The molecule has 26 heavy (non-hydrogen) atoms. The second kappa shape index (κ2) is 9.20. The Labute approximate surface area is 157 Å². The number of likely N-dealkylation sites (tertiary alicyclic amines) is 1. The van der Waals surface area contributed by atoms with Gasteiger partial charge in [-0.05, 0) is 55.7 Å². The van der Waals surface area contributed by atoms with Crippen LogP contribution >= 0.6 is 0 Å². The molecule has 2 aliphatic rings. The number of nitrogens with one attached hydrogen (secondary N) is 1. The predicted octanol–water partition coefficient (Wildman–Crippen LogP) is 4.11. The topological polar surface area (TPSA) is 49.4 Å². The Morgan fingerprint density at radius 2 is 1.65 bits per heavy atom. The lowest BCUT2D eigenvalue weighted by Gasteiger charge is -2.31. The van der Waals surface area contributed by atoms with Gasteiger partial charge in [-0.1, -0.05) is 38.3 Å². The molecule has 1 aliphatic carbocycles. The molecule has 1 saturated carbocycles. The van der Waals surface area contributed by atoms with E-state index < -0.39 is 0 Å². The van der Waals surface area contributed by atoms with E-state index in [0.29, 0.717) is 19.0 Å². The summed E-state index contributed by atoms with van der Waals surface area (Å²) in [7, 11) is 0. The molecule has 4 heteroatoms. The van der Waals surface area contributed by atoms with E-state index in [0.717, 1.165) is 31.4 Å². The number of nitrogens with zero attached hydrogens (tertiary/aromatic N) is 1. The molecule has 1 heterocycles. The summed E-state index contributed by atoms with van der Waals surface area (Å²) >= 11 is 0. The van der Waals surface area contributed by atoms with Crippen molar-refractivity contribution in [1.29, 1.82) is 0 Å². The van der Waals surface area contributed by atoms with Crippen LogP contribution < -0.4 is 5.32 Å². The Morgan fingerprint density at radius 3 is 2.27 bits per heavy atom. The Morgan fingerprint density at radius 1 is 1.00 bits per heavy atom. The summed E-state index contributed by atoms with van der Waals surface area (Å²) in [5, 5.41) is 2.97. The van der Waals surface area contributed by atoms with Crippen LogP contribution in [0.1, 0.15) is 80.1 Å². The molecule has 2 fully saturated rings. The fraction of sp³-hybridized carbons (Fsp3) is 0.636. The van der Waals surface area contributed by atoms with E-state index >= 15 is 0 Å². The average Bonchev–Trinajstić information content (AvgIpc) is 2.72. The van der Waals surface area contributed by atoms with Crippen LogP contribution in [0.5, 0.6) is 0 Å². The van der Waals surface area contributed by atoms with Gasteiger partial charge >= 0.3 is 0 Å². The van der Waals surface area contributed by atoms with Crippen LogP contribution in [0.3, 0.4) is 0 Å². The van der Waals surface area contributed by atoms with Gasteiger partial charge < -0.3 is 10.2 Å². The van der Waals surface area contributed by atoms with Gasteiger partial charge in [0.15, 0.2) is 0 Å². The van der Waals surface area contributed by atoms with Gasteiger partial charge in [-0.2, -0.15) is 0 Å². The van der Waals surface area contributed by atoms with Crippen LogP contribution in [0.15, 0.2) is 24.3 Å². The molecule has 0 spiro atoms. The first-order valence-electron chi connectivity index (χ1n) is 10.4. The molecule has 0 atom stereocenters. The molecule has 0 radical (unpaired) electrons. The Hall–Kier alpha value is -1.84. The minimum absolute atomic E-state index is 0.0549. The van der Waals surface area contributed by atoms with E-state index in [4.69, 9.17) is 0 Å². The lowest BCUT2D eigenvalue weighted by Crippen LogP contribution is -2.43. The largest absolute Gasteiger partial charge is 0.356 e. The second-order valence-electron chi connectivity index (χ2n) is 7.81. The Kier molecular flexibility index (Phi) is 6.70. The van der Waals surface area contributed by atoms with Crippen LogP contribution in [0.25, 0.3) is 0 Å². The fourth-order valence-electron chi connectivity index (χ4n) is 4.25. The summed E-state index contributed by atoms with van der Waals surface area (Å²) < 4.78 is 0. The van der Waals surface area contributed by atoms with E-state index in [1.807, 2.05) is 17.0 Å². The second-order valence-corrected chi connectivity index (χ2v) is 7.81. The molecule has 1 N–H and O–H groups in total. The molecule has 1 saturated heterocycles. The van der Waals surface area contributed by atoms with Crippen molar-refractivity contribution in [3.05, 3.63) is 35.4 Å². The number of carbonyl (C=O) groups is 2. The van der Waals surface area contributed by atoms with Crippen molar-refractivity contribution in [2.45, 2.75) is 64.2 Å². The van der Waals surface area contributed by atoms with Crippen LogP contribution in [-0.2, 0) is 4.79 Å². The minimum atomic E-state index is 0.0549. The zero-order valence-corrected chi connectivity index (χ0v) is 16.0. The van der Waals surface area contributed by atoms with Crippen LogP contribution in [0, 0.1) is 5.92 Å². The van der Waals surface area contributed by atoms with Crippen molar-refractivity contribution in [1.82, 2.24) is 10.2 Å². The first kappa shape index (κ1) is 18.9. The van der Waals surface area contributed by atoms with Gasteiger partial charge in [0.25, 0.3) is 5.91 Å². The smallest absolute Gasteiger partial charge is 0.253 e. The van der Waals surface area contributed by atoms with E-state index in [9.17, 15) is 9.59 Å². The molecular formula is C22H32N2O2. The highest BCUT2D eigenvalue weighted by Gasteiger charge is 2.27. The summed E-state index contributed by atoms with van der Waals surface area (Å²) in [5.74, 6) is 0.980. The molecule has 2 amide bonds. The first-order chi connectivity index (χ1) is 12.7. The molecule has 1 aromatic carbocycles. The number of benzene rings is 1. The maximum atomic E-state index is 12.8. The van der Waals surface area contributed by atoms with Gasteiger partial charge in [0.1, 0.15) is 0 Å². The fourth-order valence-corrected chi connectivity index (χ4v) is 4.25. The maximum Gasteiger partial charge on any atom is 0.253 e. The normalized spacial score (nSPS) is 19.3. The molecule has 1 aliphatic heterocycles. The Bertz CT molecular complexity index is 597. The van der Waals surface area contributed by atoms with E-state index in [1.165, 1.54) is 37.7 Å². The van der Waals surface area contributed by atoms with Crippen molar-refractivity contribution in [3.63, 3.8) is 0 Å². The third-order valence-corrected chi connectivity index (χ3v) is 5.94. The standard InChI is InChI=1S/C22H32N2O2/c1-2-14-23-21(25)19-12-15-24(16-13-19)22(26)20-10-8-18(9-11-20)17-6-4-3-5-7-17/h8-11,17,19H,2-7,12-16H2,1H3,(H,23,25). The van der Waals surface area contributed by atoms with Crippen molar-refractivity contribution < 1.29 is 9.59 Å². The monoisotopic (exact) mass is 356 g/mol. The summed E-state index contributed by atoms with van der Waals surface area (Å²) in [4.78, 5) is 26.7.